The molecule has 1 aliphatic carbocycles. The summed E-state index contributed by atoms with van der Waals surface area (Å²) in [6, 6.07) is 4.03. The van der Waals surface area contributed by atoms with Crippen LogP contribution < -0.4 is 5.73 Å². The number of nitrogens with two attached hydrogens (primary N) is 1. The average Bonchev–Trinajstić information content (AvgIpc) is 2.97. The second kappa shape index (κ2) is 6.55. The number of aromatic nitrogens is 3. The molecule has 1 saturated heterocycles. The number of nitrogen functional groups attached to an aromatic ring is 1. The fourth-order valence-corrected chi connectivity index (χ4v) is 4.19. The van der Waals surface area contributed by atoms with Crippen LogP contribution in [0.3, 0.4) is 0 Å². The van der Waals surface area contributed by atoms with Gasteiger partial charge in [0.15, 0.2) is 5.65 Å². The second-order valence-corrected chi connectivity index (χ2v) is 7.41. The van der Waals surface area contributed by atoms with E-state index in [4.69, 9.17) is 10.7 Å². The van der Waals surface area contributed by atoms with Crippen LogP contribution in [0.2, 0.25) is 0 Å². The van der Waals surface area contributed by atoms with Crippen LogP contribution in [-0.4, -0.2) is 39.1 Å². The van der Waals surface area contributed by atoms with E-state index in [-0.39, 0.29) is 0 Å². The molecule has 5 nitrogen and oxygen atoms in total. The molecule has 0 aromatic carbocycles. The van der Waals surface area contributed by atoms with Gasteiger partial charge in [0.25, 0.3) is 0 Å². The first-order valence-electron chi connectivity index (χ1n) is 9.19. The van der Waals surface area contributed by atoms with Gasteiger partial charge in [0.2, 0.25) is 0 Å². The molecule has 1 aliphatic heterocycles. The third-order valence-electron chi connectivity index (χ3n) is 5.41. The molecule has 2 aromatic heterocycles. The normalized spacial score (nSPS) is 25.4. The number of allylic oxidation sites excluding steroid dienone is 2. The van der Waals surface area contributed by atoms with E-state index in [1.54, 1.807) is 4.52 Å². The van der Waals surface area contributed by atoms with Crippen molar-refractivity contribution in [2.75, 3.05) is 25.4 Å². The third kappa shape index (κ3) is 3.18. The summed E-state index contributed by atoms with van der Waals surface area (Å²) < 4.78 is 1.74. The summed E-state index contributed by atoms with van der Waals surface area (Å²) in [5, 5.41) is 4.40. The van der Waals surface area contributed by atoms with E-state index in [1.165, 1.54) is 45.2 Å². The highest BCUT2D eigenvalue weighted by atomic mass is 15.3. The zero-order chi connectivity index (χ0) is 16.5. The van der Waals surface area contributed by atoms with Crippen LogP contribution in [0.1, 0.15) is 49.4 Å². The van der Waals surface area contributed by atoms with Gasteiger partial charge in [-0.05, 0) is 51.5 Å². The van der Waals surface area contributed by atoms with Crippen LogP contribution >= 0.6 is 0 Å². The molecule has 0 radical (unpaired) electrons. The Morgan fingerprint density at radius 1 is 1.25 bits per heavy atom. The van der Waals surface area contributed by atoms with Gasteiger partial charge >= 0.3 is 0 Å². The van der Waals surface area contributed by atoms with Gasteiger partial charge in [0, 0.05) is 31.1 Å². The van der Waals surface area contributed by atoms with Crippen LogP contribution in [0.15, 0.2) is 24.3 Å². The first kappa shape index (κ1) is 15.6. The van der Waals surface area contributed by atoms with Crippen molar-refractivity contribution < 1.29 is 0 Å². The molecular weight excluding hydrogens is 298 g/mol. The number of fused-ring (bicyclic) bond motifs is 1. The van der Waals surface area contributed by atoms with Crippen LogP contribution in [0, 0.1) is 12.8 Å². The molecule has 0 bridgehead atoms. The second-order valence-electron chi connectivity index (χ2n) is 7.41. The van der Waals surface area contributed by atoms with Crippen molar-refractivity contribution in [2.45, 2.75) is 44.9 Å². The first-order chi connectivity index (χ1) is 11.7. The predicted octanol–water partition coefficient (Wildman–Crippen LogP) is 3.16. The zero-order valence-corrected chi connectivity index (χ0v) is 14.5. The van der Waals surface area contributed by atoms with E-state index >= 15 is 0 Å². The zero-order valence-electron chi connectivity index (χ0n) is 14.5. The molecule has 2 unspecified atom stereocenters. The summed E-state index contributed by atoms with van der Waals surface area (Å²) in [5.74, 6) is 2.00. The summed E-state index contributed by atoms with van der Waals surface area (Å²) in [4.78, 5) is 7.49. The van der Waals surface area contributed by atoms with Crippen LogP contribution in [0.4, 0.5) is 5.82 Å². The topological polar surface area (TPSA) is 59.5 Å². The number of aryl methyl sites for hydroxylation is 1. The molecule has 0 amide bonds. The first-order valence-corrected chi connectivity index (χ1v) is 9.19. The molecule has 0 spiro atoms. The summed E-state index contributed by atoms with van der Waals surface area (Å²) >= 11 is 0. The average molecular weight is 325 g/mol. The number of rotatable bonds is 3. The molecular formula is C19H27N5. The minimum absolute atomic E-state index is 0.486. The Bertz CT molecular complexity index is 748. The molecule has 4 rings (SSSR count). The monoisotopic (exact) mass is 325 g/mol. The van der Waals surface area contributed by atoms with Crippen molar-refractivity contribution in [3.63, 3.8) is 0 Å². The minimum atomic E-state index is 0.486. The molecule has 2 aliphatic rings. The maximum atomic E-state index is 6.20. The highest BCUT2D eigenvalue weighted by Crippen LogP contribution is 2.29. The molecule has 3 heterocycles. The van der Waals surface area contributed by atoms with E-state index in [0.717, 1.165) is 29.5 Å². The Kier molecular flexibility index (Phi) is 4.27. The summed E-state index contributed by atoms with van der Waals surface area (Å²) in [6.45, 7) is 5.54. The smallest absolute Gasteiger partial charge is 0.157 e. The predicted molar refractivity (Wildman–Crippen MR) is 97.0 cm³/mol. The highest BCUT2D eigenvalue weighted by molar-refractivity contribution is 5.48. The summed E-state index contributed by atoms with van der Waals surface area (Å²) in [5.41, 5.74) is 9.17. The lowest BCUT2D eigenvalue weighted by Crippen LogP contribution is -2.38. The Labute approximate surface area is 143 Å². The fourth-order valence-electron chi connectivity index (χ4n) is 4.19. The van der Waals surface area contributed by atoms with Crippen LogP contribution in [-0.2, 0) is 0 Å². The SMILES string of the molecule is Cc1cc2nc(C3CCCN(CC4CC=CCC4)C3)cc(N)n2n1. The lowest BCUT2D eigenvalue weighted by molar-refractivity contribution is 0.173. The van der Waals surface area contributed by atoms with Crippen LogP contribution in [0.5, 0.6) is 0 Å². The van der Waals surface area contributed by atoms with Crippen molar-refractivity contribution in [2.24, 2.45) is 5.92 Å². The number of piperidine rings is 1. The molecule has 0 saturated carbocycles. The Hall–Kier alpha value is -1.88. The summed E-state index contributed by atoms with van der Waals surface area (Å²) in [7, 11) is 0. The highest BCUT2D eigenvalue weighted by Gasteiger charge is 2.25. The molecule has 128 valence electrons. The number of nitrogens with zero attached hydrogens (tertiary/aromatic N) is 4. The molecule has 1 fully saturated rings. The van der Waals surface area contributed by atoms with E-state index in [0.29, 0.717) is 11.7 Å². The molecule has 2 N–H and O–H groups in total. The van der Waals surface area contributed by atoms with Crippen molar-refractivity contribution in [1.29, 1.82) is 0 Å². The summed E-state index contributed by atoms with van der Waals surface area (Å²) in [6.07, 6.45) is 11.0. The van der Waals surface area contributed by atoms with Gasteiger partial charge in [-0.1, -0.05) is 12.2 Å². The van der Waals surface area contributed by atoms with Gasteiger partial charge in [-0.3, -0.25) is 0 Å². The van der Waals surface area contributed by atoms with Gasteiger partial charge in [-0.2, -0.15) is 9.61 Å². The standard InChI is InChI=1S/C19H27N5/c1-14-10-19-21-17(11-18(20)24(19)22-14)16-8-5-9-23(13-16)12-15-6-3-2-4-7-15/h2-3,10-11,15-16H,4-9,12-13,20H2,1H3. The van der Waals surface area contributed by atoms with Crippen molar-refractivity contribution >= 4 is 11.5 Å². The Balaban J connectivity index is 1.50. The van der Waals surface area contributed by atoms with Crippen molar-refractivity contribution in [1.82, 2.24) is 19.5 Å². The number of likely N-dealkylation sites (tertiary alicyclic amines) is 1. The molecule has 24 heavy (non-hydrogen) atoms. The Morgan fingerprint density at radius 3 is 3.00 bits per heavy atom. The van der Waals surface area contributed by atoms with E-state index in [9.17, 15) is 0 Å². The van der Waals surface area contributed by atoms with Gasteiger partial charge in [0.05, 0.1) is 11.4 Å². The Morgan fingerprint density at radius 2 is 2.17 bits per heavy atom. The lowest BCUT2D eigenvalue weighted by Gasteiger charge is -2.35. The number of hydrogen-bond donors (Lipinski definition) is 1. The van der Waals surface area contributed by atoms with Crippen molar-refractivity contribution in [3.8, 4) is 0 Å². The molecule has 2 aromatic rings. The quantitative estimate of drug-likeness (QED) is 0.881. The lowest BCUT2D eigenvalue weighted by atomic mass is 9.90. The fraction of sp³-hybridized carbons (Fsp3) is 0.579. The van der Waals surface area contributed by atoms with Gasteiger partial charge in [-0.15, -0.1) is 0 Å². The largest absolute Gasteiger partial charge is 0.384 e. The van der Waals surface area contributed by atoms with Gasteiger partial charge in [-0.25, -0.2) is 4.98 Å². The van der Waals surface area contributed by atoms with Gasteiger partial charge in [0.1, 0.15) is 5.82 Å². The number of anilines is 1. The minimum Gasteiger partial charge on any atom is -0.384 e. The van der Waals surface area contributed by atoms with E-state index in [2.05, 4.69) is 22.2 Å². The van der Waals surface area contributed by atoms with Crippen LogP contribution in [0.25, 0.3) is 5.65 Å². The maximum Gasteiger partial charge on any atom is 0.157 e. The third-order valence-corrected chi connectivity index (χ3v) is 5.41. The van der Waals surface area contributed by atoms with Crippen molar-refractivity contribution in [3.05, 3.63) is 35.7 Å². The van der Waals surface area contributed by atoms with E-state index < -0.39 is 0 Å². The maximum absolute atomic E-state index is 6.20. The molecule has 5 heteroatoms. The van der Waals surface area contributed by atoms with E-state index in [1.807, 2.05) is 19.1 Å². The van der Waals surface area contributed by atoms with Gasteiger partial charge < -0.3 is 10.6 Å². The molecule has 2 atom stereocenters. The number of hydrogen-bond acceptors (Lipinski definition) is 4.